The van der Waals surface area contributed by atoms with Crippen LogP contribution in [0.4, 0.5) is 5.69 Å². The molecule has 1 aromatic heterocycles. The van der Waals surface area contributed by atoms with Crippen molar-refractivity contribution in [1.82, 2.24) is 9.78 Å². The lowest BCUT2D eigenvalue weighted by molar-refractivity contribution is -0.386. The van der Waals surface area contributed by atoms with Crippen molar-refractivity contribution in [3.63, 3.8) is 0 Å². The summed E-state index contributed by atoms with van der Waals surface area (Å²) in [6.45, 7) is 7.52. The van der Waals surface area contributed by atoms with Crippen molar-refractivity contribution in [2.75, 3.05) is 0 Å². The van der Waals surface area contributed by atoms with Crippen molar-refractivity contribution in [3.05, 3.63) is 21.5 Å². The van der Waals surface area contributed by atoms with Gasteiger partial charge in [0.05, 0.1) is 4.92 Å². The summed E-state index contributed by atoms with van der Waals surface area (Å²) >= 11 is 0. The Morgan fingerprint density at radius 1 is 1.57 bits per heavy atom. The molecule has 0 saturated heterocycles. The summed E-state index contributed by atoms with van der Waals surface area (Å²) in [5.74, 6) is 0. The van der Waals surface area contributed by atoms with Crippen LogP contribution >= 0.6 is 0 Å². The molecule has 0 spiro atoms. The molecule has 0 aliphatic rings. The topological polar surface area (TPSA) is 61.0 Å². The van der Waals surface area contributed by atoms with Gasteiger partial charge in [-0.25, -0.2) is 0 Å². The molecule has 0 aliphatic heterocycles. The van der Waals surface area contributed by atoms with Crippen LogP contribution in [0.25, 0.3) is 0 Å². The van der Waals surface area contributed by atoms with Crippen molar-refractivity contribution >= 4 is 5.69 Å². The van der Waals surface area contributed by atoms with Crippen LogP contribution in [0.1, 0.15) is 38.2 Å². The number of rotatable bonds is 3. The van der Waals surface area contributed by atoms with Gasteiger partial charge >= 0.3 is 5.69 Å². The summed E-state index contributed by atoms with van der Waals surface area (Å²) in [6, 6.07) is 0.164. The third kappa shape index (κ3) is 1.62. The standard InChI is InChI=1S/C9H15N3O2/c1-5-8-9(12(13)14)7(4)10-11(8)6(2)3/h6H,5H2,1-4H3. The van der Waals surface area contributed by atoms with Gasteiger partial charge < -0.3 is 0 Å². The van der Waals surface area contributed by atoms with Crippen molar-refractivity contribution < 1.29 is 4.92 Å². The van der Waals surface area contributed by atoms with Crippen LogP contribution in [0.3, 0.4) is 0 Å². The van der Waals surface area contributed by atoms with Gasteiger partial charge in [-0.2, -0.15) is 5.10 Å². The Morgan fingerprint density at radius 2 is 2.14 bits per heavy atom. The zero-order valence-electron chi connectivity index (χ0n) is 8.94. The lowest BCUT2D eigenvalue weighted by Crippen LogP contribution is -2.07. The number of aromatic nitrogens is 2. The molecule has 0 N–H and O–H groups in total. The molecule has 1 rings (SSSR count). The SMILES string of the molecule is CCc1c([N+](=O)[O-])c(C)nn1C(C)C. The van der Waals surface area contributed by atoms with Crippen LogP contribution in [0.15, 0.2) is 0 Å². The van der Waals surface area contributed by atoms with Gasteiger partial charge in [-0.05, 0) is 27.2 Å². The Labute approximate surface area is 82.9 Å². The van der Waals surface area contributed by atoms with E-state index >= 15 is 0 Å². The Kier molecular flexibility index (Phi) is 2.88. The molecule has 0 amide bonds. The minimum absolute atomic E-state index is 0.164. The fraction of sp³-hybridized carbons (Fsp3) is 0.667. The van der Waals surface area contributed by atoms with Crippen molar-refractivity contribution in [3.8, 4) is 0 Å². The van der Waals surface area contributed by atoms with E-state index in [0.29, 0.717) is 17.8 Å². The molecule has 0 saturated carbocycles. The average molecular weight is 197 g/mol. The predicted octanol–water partition coefficient (Wildman–Crippen LogP) is 2.24. The minimum atomic E-state index is -0.347. The second-order valence-electron chi connectivity index (χ2n) is 3.53. The first-order chi connectivity index (χ1) is 6.49. The van der Waals surface area contributed by atoms with Gasteiger partial charge in [-0.15, -0.1) is 0 Å². The maximum absolute atomic E-state index is 10.8. The first kappa shape index (κ1) is 10.7. The predicted molar refractivity (Wildman–Crippen MR) is 53.4 cm³/mol. The fourth-order valence-electron chi connectivity index (χ4n) is 1.58. The van der Waals surface area contributed by atoms with E-state index in [1.54, 1.807) is 11.6 Å². The molecule has 0 bridgehead atoms. The van der Waals surface area contributed by atoms with E-state index in [2.05, 4.69) is 5.10 Å². The second-order valence-corrected chi connectivity index (χ2v) is 3.53. The molecule has 0 atom stereocenters. The maximum Gasteiger partial charge on any atom is 0.313 e. The normalized spacial score (nSPS) is 10.9. The summed E-state index contributed by atoms with van der Waals surface area (Å²) in [6.07, 6.45) is 0.634. The van der Waals surface area contributed by atoms with Crippen molar-refractivity contribution in [2.45, 2.75) is 40.2 Å². The van der Waals surface area contributed by atoms with E-state index in [1.807, 2.05) is 20.8 Å². The van der Waals surface area contributed by atoms with Crippen LogP contribution in [0.2, 0.25) is 0 Å². The van der Waals surface area contributed by atoms with Crippen molar-refractivity contribution in [2.24, 2.45) is 0 Å². The number of nitrogens with zero attached hydrogens (tertiary/aromatic N) is 3. The monoisotopic (exact) mass is 197 g/mol. The third-order valence-corrected chi connectivity index (χ3v) is 2.16. The summed E-state index contributed by atoms with van der Waals surface area (Å²) in [5.41, 5.74) is 1.38. The van der Waals surface area contributed by atoms with Gasteiger partial charge in [-0.3, -0.25) is 14.8 Å². The highest BCUT2D eigenvalue weighted by molar-refractivity contribution is 5.40. The van der Waals surface area contributed by atoms with Gasteiger partial charge in [0.2, 0.25) is 0 Å². The van der Waals surface area contributed by atoms with Gasteiger partial charge in [0, 0.05) is 6.04 Å². The van der Waals surface area contributed by atoms with E-state index in [4.69, 9.17) is 0 Å². The molecule has 1 aromatic rings. The fourth-order valence-corrected chi connectivity index (χ4v) is 1.58. The first-order valence-corrected chi connectivity index (χ1v) is 4.71. The van der Waals surface area contributed by atoms with E-state index in [9.17, 15) is 10.1 Å². The van der Waals surface area contributed by atoms with E-state index in [-0.39, 0.29) is 16.7 Å². The van der Waals surface area contributed by atoms with Gasteiger partial charge in [0.15, 0.2) is 0 Å². The Bertz CT molecular complexity index is 355. The summed E-state index contributed by atoms with van der Waals surface area (Å²) in [5, 5.41) is 15.0. The van der Waals surface area contributed by atoms with Crippen LogP contribution in [0.5, 0.6) is 0 Å². The smallest absolute Gasteiger partial charge is 0.260 e. The van der Waals surface area contributed by atoms with Crippen LogP contribution in [-0.2, 0) is 6.42 Å². The summed E-state index contributed by atoms with van der Waals surface area (Å²) < 4.78 is 1.73. The molecule has 14 heavy (non-hydrogen) atoms. The summed E-state index contributed by atoms with van der Waals surface area (Å²) in [7, 11) is 0. The Morgan fingerprint density at radius 3 is 2.50 bits per heavy atom. The van der Waals surface area contributed by atoms with Crippen LogP contribution in [-0.4, -0.2) is 14.7 Å². The lowest BCUT2D eigenvalue weighted by Gasteiger charge is -2.07. The molecule has 0 aliphatic carbocycles. The first-order valence-electron chi connectivity index (χ1n) is 4.71. The Hall–Kier alpha value is -1.39. The third-order valence-electron chi connectivity index (χ3n) is 2.16. The zero-order valence-corrected chi connectivity index (χ0v) is 8.94. The summed E-state index contributed by atoms with van der Waals surface area (Å²) in [4.78, 5) is 10.4. The molecule has 5 heteroatoms. The molecular weight excluding hydrogens is 182 g/mol. The van der Waals surface area contributed by atoms with Crippen LogP contribution in [0, 0.1) is 17.0 Å². The highest BCUT2D eigenvalue weighted by Gasteiger charge is 2.24. The van der Waals surface area contributed by atoms with Crippen molar-refractivity contribution in [1.29, 1.82) is 0 Å². The number of nitro groups is 1. The number of hydrogen-bond acceptors (Lipinski definition) is 3. The quantitative estimate of drug-likeness (QED) is 0.551. The molecule has 5 nitrogen and oxygen atoms in total. The average Bonchev–Trinajstić information content (AvgIpc) is 2.41. The van der Waals surface area contributed by atoms with Crippen LogP contribution < -0.4 is 0 Å². The largest absolute Gasteiger partial charge is 0.313 e. The highest BCUT2D eigenvalue weighted by atomic mass is 16.6. The van der Waals surface area contributed by atoms with E-state index < -0.39 is 0 Å². The van der Waals surface area contributed by atoms with E-state index in [0.717, 1.165) is 0 Å². The Balaban J connectivity index is 3.35. The molecule has 0 aromatic carbocycles. The van der Waals surface area contributed by atoms with Gasteiger partial charge in [0.25, 0.3) is 0 Å². The van der Waals surface area contributed by atoms with Gasteiger partial charge in [0.1, 0.15) is 11.4 Å². The highest BCUT2D eigenvalue weighted by Crippen LogP contribution is 2.25. The minimum Gasteiger partial charge on any atom is -0.260 e. The molecule has 78 valence electrons. The molecule has 0 fully saturated rings. The molecule has 0 radical (unpaired) electrons. The molecule has 1 heterocycles. The second kappa shape index (κ2) is 3.77. The molecule has 0 unspecified atom stereocenters. The van der Waals surface area contributed by atoms with Gasteiger partial charge in [-0.1, -0.05) is 6.92 Å². The number of aryl methyl sites for hydroxylation is 1. The maximum atomic E-state index is 10.8. The number of hydrogen-bond donors (Lipinski definition) is 0. The zero-order chi connectivity index (χ0) is 10.9. The van der Waals surface area contributed by atoms with E-state index in [1.165, 1.54) is 0 Å². The molecular formula is C9H15N3O2. The lowest BCUT2D eigenvalue weighted by atomic mass is 10.2.